The summed E-state index contributed by atoms with van der Waals surface area (Å²) in [7, 11) is 0. The van der Waals surface area contributed by atoms with Crippen molar-refractivity contribution >= 4 is 23.3 Å². The summed E-state index contributed by atoms with van der Waals surface area (Å²) < 4.78 is 6.46. The SMILES string of the molecule is Cc1cc(C)n2nc(C(=O)Nc3ccc4c(c3)C(=O)OC4)nc2n1. The third-order valence-corrected chi connectivity index (χ3v) is 3.77. The molecular weight excluding hydrogens is 310 g/mol. The summed E-state index contributed by atoms with van der Waals surface area (Å²) in [5.74, 6) is -0.472. The van der Waals surface area contributed by atoms with Gasteiger partial charge in [0.15, 0.2) is 0 Å². The zero-order valence-corrected chi connectivity index (χ0v) is 13.0. The number of aromatic nitrogens is 4. The third kappa shape index (κ3) is 2.28. The van der Waals surface area contributed by atoms with Crippen LogP contribution in [0.25, 0.3) is 5.78 Å². The minimum atomic E-state index is -0.469. The van der Waals surface area contributed by atoms with Gasteiger partial charge in [-0.2, -0.15) is 4.98 Å². The molecule has 24 heavy (non-hydrogen) atoms. The standard InChI is InChI=1S/C16H13N5O3/c1-8-5-9(2)21-16(17-8)19-13(20-21)14(22)18-11-4-3-10-7-24-15(23)12(10)6-11/h3-6H,7H2,1-2H3,(H,18,22). The number of nitrogens with zero attached hydrogens (tertiary/aromatic N) is 4. The summed E-state index contributed by atoms with van der Waals surface area (Å²) in [5, 5.41) is 6.87. The number of benzene rings is 1. The molecule has 120 valence electrons. The predicted molar refractivity (Wildman–Crippen MR) is 83.8 cm³/mol. The van der Waals surface area contributed by atoms with E-state index in [1.54, 1.807) is 18.2 Å². The van der Waals surface area contributed by atoms with E-state index in [1.165, 1.54) is 4.52 Å². The number of cyclic esters (lactones) is 1. The van der Waals surface area contributed by atoms with E-state index in [4.69, 9.17) is 4.74 Å². The zero-order valence-electron chi connectivity index (χ0n) is 13.0. The van der Waals surface area contributed by atoms with Crippen molar-refractivity contribution in [2.24, 2.45) is 0 Å². The number of anilines is 1. The van der Waals surface area contributed by atoms with Crippen molar-refractivity contribution < 1.29 is 14.3 Å². The highest BCUT2D eigenvalue weighted by molar-refractivity contribution is 6.03. The lowest BCUT2D eigenvalue weighted by molar-refractivity contribution is 0.0535. The highest BCUT2D eigenvalue weighted by Gasteiger charge is 2.22. The van der Waals surface area contributed by atoms with Crippen LogP contribution in [0.3, 0.4) is 0 Å². The van der Waals surface area contributed by atoms with Gasteiger partial charge in [-0.1, -0.05) is 6.07 Å². The normalized spacial score (nSPS) is 13.0. The summed E-state index contributed by atoms with van der Waals surface area (Å²) >= 11 is 0. The lowest BCUT2D eigenvalue weighted by Gasteiger charge is -2.03. The maximum absolute atomic E-state index is 12.4. The second kappa shape index (κ2) is 5.12. The van der Waals surface area contributed by atoms with E-state index in [-0.39, 0.29) is 18.4 Å². The number of aryl methyl sites for hydroxylation is 2. The molecule has 3 heterocycles. The van der Waals surface area contributed by atoms with Crippen molar-refractivity contribution in [1.29, 1.82) is 0 Å². The number of ether oxygens (including phenoxy) is 1. The molecule has 1 N–H and O–H groups in total. The minimum Gasteiger partial charge on any atom is -0.457 e. The maximum Gasteiger partial charge on any atom is 0.338 e. The van der Waals surface area contributed by atoms with Crippen LogP contribution >= 0.6 is 0 Å². The number of esters is 1. The van der Waals surface area contributed by atoms with Crippen molar-refractivity contribution in [3.05, 3.63) is 52.6 Å². The molecule has 0 fully saturated rings. The van der Waals surface area contributed by atoms with Gasteiger partial charge in [-0.3, -0.25) is 4.79 Å². The molecule has 0 bridgehead atoms. The smallest absolute Gasteiger partial charge is 0.338 e. The molecule has 1 aliphatic rings. The molecular formula is C16H13N5O3. The predicted octanol–water partition coefficient (Wildman–Crippen LogP) is 1.66. The van der Waals surface area contributed by atoms with Gasteiger partial charge in [0.2, 0.25) is 5.82 Å². The first-order valence-corrected chi connectivity index (χ1v) is 7.34. The van der Waals surface area contributed by atoms with Crippen LogP contribution in [0.1, 0.15) is 37.9 Å². The fourth-order valence-corrected chi connectivity index (χ4v) is 2.64. The van der Waals surface area contributed by atoms with E-state index < -0.39 is 5.91 Å². The summed E-state index contributed by atoms with van der Waals surface area (Å²) in [5.41, 5.74) is 3.39. The number of carbonyl (C=O) groups excluding carboxylic acids is 2. The van der Waals surface area contributed by atoms with Gasteiger partial charge in [-0.15, -0.1) is 5.10 Å². The van der Waals surface area contributed by atoms with Crippen molar-refractivity contribution in [3.63, 3.8) is 0 Å². The van der Waals surface area contributed by atoms with Gasteiger partial charge in [0.05, 0.1) is 5.56 Å². The Bertz CT molecular complexity index is 1010. The van der Waals surface area contributed by atoms with E-state index in [0.29, 0.717) is 17.0 Å². The average molecular weight is 323 g/mol. The largest absolute Gasteiger partial charge is 0.457 e. The zero-order chi connectivity index (χ0) is 16.8. The Hall–Kier alpha value is -3.29. The molecule has 0 spiro atoms. The van der Waals surface area contributed by atoms with Crippen molar-refractivity contribution in [2.45, 2.75) is 20.5 Å². The van der Waals surface area contributed by atoms with Gasteiger partial charge in [0.1, 0.15) is 6.61 Å². The molecule has 0 atom stereocenters. The van der Waals surface area contributed by atoms with Crippen LogP contribution in [0.15, 0.2) is 24.3 Å². The Morgan fingerprint density at radius 2 is 2.08 bits per heavy atom. The van der Waals surface area contributed by atoms with Crippen LogP contribution in [0.2, 0.25) is 0 Å². The topological polar surface area (TPSA) is 98.5 Å². The Labute approximate surface area is 136 Å². The number of carbonyl (C=O) groups is 2. The maximum atomic E-state index is 12.4. The van der Waals surface area contributed by atoms with E-state index in [1.807, 2.05) is 19.9 Å². The monoisotopic (exact) mass is 323 g/mol. The number of amides is 1. The Morgan fingerprint density at radius 3 is 2.92 bits per heavy atom. The molecule has 4 rings (SSSR count). The fraction of sp³-hybridized carbons (Fsp3) is 0.188. The van der Waals surface area contributed by atoms with Gasteiger partial charge in [0, 0.05) is 22.6 Å². The van der Waals surface area contributed by atoms with E-state index in [2.05, 4.69) is 20.4 Å². The first-order valence-electron chi connectivity index (χ1n) is 7.34. The Kier molecular flexibility index (Phi) is 3.05. The highest BCUT2D eigenvalue weighted by atomic mass is 16.5. The quantitative estimate of drug-likeness (QED) is 0.720. The summed E-state index contributed by atoms with van der Waals surface area (Å²) in [6.07, 6.45) is 0. The molecule has 0 unspecified atom stereocenters. The van der Waals surface area contributed by atoms with Crippen molar-refractivity contribution in [1.82, 2.24) is 19.6 Å². The Morgan fingerprint density at radius 1 is 1.25 bits per heavy atom. The van der Waals surface area contributed by atoms with E-state index in [9.17, 15) is 9.59 Å². The Balaban J connectivity index is 1.64. The average Bonchev–Trinajstić information content (AvgIpc) is 3.12. The highest BCUT2D eigenvalue weighted by Crippen LogP contribution is 2.23. The van der Waals surface area contributed by atoms with Crippen LogP contribution in [-0.2, 0) is 11.3 Å². The second-order valence-corrected chi connectivity index (χ2v) is 5.59. The number of hydrogen-bond acceptors (Lipinski definition) is 6. The molecule has 0 radical (unpaired) electrons. The molecule has 0 saturated heterocycles. The summed E-state index contributed by atoms with van der Waals surface area (Å²) in [4.78, 5) is 32.4. The van der Waals surface area contributed by atoms with Crippen LogP contribution in [0, 0.1) is 13.8 Å². The number of hydrogen-bond donors (Lipinski definition) is 1. The number of fused-ring (bicyclic) bond motifs is 2. The van der Waals surface area contributed by atoms with Gasteiger partial charge < -0.3 is 10.1 Å². The lowest BCUT2D eigenvalue weighted by Crippen LogP contribution is -2.14. The first-order chi connectivity index (χ1) is 11.5. The second-order valence-electron chi connectivity index (χ2n) is 5.59. The van der Waals surface area contributed by atoms with Gasteiger partial charge in [-0.25, -0.2) is 14.3 Å². The molecule has 8 nitrogen and oxygen atoms in total. The molecule has 8 heteroatoms. The van der Waals surface area contributed by atoms with Crippen molar-refractivity contribution in [3.8, 4) is 0 Å². The van der Waals surface area contributed by atoms with E-state index in [0.717, 1.165) is 17.0 Å². The van der Waals surface area contributed by atoms with Gasteiger partial charge >= 0.3 is 5.97 Å². The lowest BCUT2D eigenvalue weighted by atomic mass is 10.1. The van der Waals surface area contributed by atoms with Gasteiger partial charge in [0.25, 0.3) is 11.7 Å². The molecule has 0 saturated carbocycles. The van der Waals surface area contributed by atoms with Crippen LogP contribution < -0.4 is 5.32 Å². The molecule has 1 aromatic carbocycles. The molecule has 1 amide bonds. The molecule has 1 aliphatic heterocycles. The fourth-order valence-electron chi connectivity index (χ4n) is 2.64. The van der Waals surface area contributed by atoms with Crippen LogP contribution in [0.5, 0.6) is 0 Å². The van der Waals surface area contributed by atoms with E-state index >= 15 is 0 Å². The first kappa shape index (κ1) is 14.3. The summed E-state index contributed by atoms with van der Waals surface area (Å²) in [6, 6.07) is 6.91. The van der Waals surface area contributed by atoms with Crippen molar-refractivity contribution in [2.75, 3.05) is 5.32 Å². The number of nitrogens with one attached hydrogen (secondary N) is 1. The number of rotatable bonds is 2. The minimum absolute atomic E-state index is 0.0132. The van der Waals surface area contributed by atoms with Crippen LogP contribution in [-0.4, -0.2) is 31.5 Å². The van der Waals surface area contributed by atoms with Crippen LogP contribution in [0.4, 0.5) is 5.69 Å². The molecule has 3 aromatic rings. The molecule has 2 aromatic heterocycles. The third-order valence-electron chi connectivity index (χ3n) is 3.77. The van der Waals surface area contributed by atoms with Gasteiger partial charge in [-0.05, 0) is 32.0 Å². The molecule has 0 aliphatic carbocycles. The summed E-state index contributed by atoms with van der Waals surface area (Å²) in [6.45, 7) is 3.98.